The van der Waals surface area contributed by atoms with E-state index < -0.39 is 5.97 Å². The van der Waals surface area contributed by atoms with Crippen molar-refractivity contribution in [2.45, 2.75) is 58.3 Å². The Hall–Kier alpha value is -2.29. The van der Waals surface area contributed by atoms with Gasteiger partial charge >= 0.3 is 5.97 Å². The molecule has 3 nitrogen and oxygen atoms in total. The van der Waals surface area contributed by atoms with E-state index in [0.29, 0.717) is 11.5 Å². The highest BCUT2D eigenvalue weighted by Gasteiger charge is 2.23. The van der Waals surface area contributed by atoms with Crippen LogP contribution in [0.2, 0.25) is 0 Å². The monoisotopic (exact) mass is 352 g/mol. The summed E-state index contributed by atoms with van der Waals surface area (Å²) < 4.78 is 5.85. The Morgan fingerprint density at radius 2 is 1.77 bits per heavy atom. The lowest BCUT2D eigenvalue weighted by Gasteiger charge is -2.16. The van der Waals surface area contributed by atoms with Crippen molar-refractivity contribution in [2.75, 3.05) is 6.61 Å². The molecule has 2 aromatic carbocycles. The Morgan fingerprint density at radius 3 is 2.42 bits per heavy atom. The topological polar surface area (TPSA) is 46.5 Å². The third-order valence-corrected chi connectivity index (χ3v) is 5.31. The number of aromatic carboxylic acids is 1. The molecule has 1 aliphatic rings. The van der Waals surface area contributed by atoms with Gasteiger partial charge in [0.2, 0.25) is 0 Å². The normalized spacial score (nSPS) is 14.5. The van der Waals surface area contributed by atoms with Gasteiger partial charge in [0, 0.05) is 0 Å². The zero-order chi connectivity index (χ0) is 18.5. The molecule has 138 valence electrons. The van der Waals surface area contributed by atoms with E-state index in [9.17, 15) is 9.90 Å². The van der Waals surface area contributed by atoms with Gasteiger partial charge in [-0.15, -0.1) is 0 Å². The summed E-state index contributed by atoms with van der Waals surface area (Å²) in [4.78, 5) is 11.7. The fourth-order valence-corrected chi connectivity index (χ4v) is 3.90. The van der Waals surface area contributed by atoms with Crippen LogP contribution in [-0.2, 0) is 6.42 Å². The smallest absolute Gasteiger partial charge is 0.335 e. The van der Waals surface area contributed by atoms with Crippen molar-refractivity contribution in [3.63, 3.8) is 0 Å². The summed E-state index contributed by atoms with van der Waals surface area (Å²) in [6.07, 6.45) is 6.47. The quantitative estimate of drug-likeness (QED) is 0.659. The molecule has 3 rings (SSSR count). The van der Waals surface area contributed by atoms with E-state index in [0.717, 1.165) is 54.7 Å². The lowest BCUT2D eigenvalue weighted by Crippen LogP contribution is -2.06. The Bertz CT molecular complexity index is 773. The maximum atomic E-state index is 11.7. The molecule has 0 spiro atoms. The van der Waals surface area contributed by atoms with E-state index in [4.69, 9.17) is 4.74 Å². The van der Waals surface area contributed by atoms with Gasteiger partial charge in [-0.2, -0.15) is 0 Å². The summed E-state index contributed by atoms with van der Waals surface area (Å²) in [6.45, 7) is 4.97. The highest BCUT2D eigenvalue weighted by atomic mass is 16.5. The predicted molar refractivity (Wildman–Crippen MR) is 105 cm³/mol. The second-order valence-electron chi connectivity index (χ2n) is 7.11. The first-order valence-electron chi connectivity index (χ1n) is 9.77. The number of hydrogen-bond acceptors (Lipinski definition) is 2. The number of carboxylic acid groups (broad SMARTS) is 1. The summed E-state index contributed by atoms with van der Waals surface area (Å²) in [7, 11) is 0. The second kappa shape index (κ2) is 8.39. The molecule has 1 saturated carbocycles. The van der Waals surface area contributed by atoms with Crippen molar-refractivity contribution >= 4 is 5.97 Å². The van der Waals surface area contributed by atoms with Gasteiger partial charge in [0.05, 0.1) is 12.2 Å². The van der Waals surface area contributed by atoms with Crippen molar-refractivity contribution in [2.24, 2.45) is 0 Å². The summed E-state index contributed by atoms with van der Waals surface area (Å²) in [6, 6.07) is 12.1. The van der Waals surface area contributed by atoms with Gasteiger partial charge < -0.3 is 9.84 Å². The summed E-state index contributed by atoms with van der Waals surface area (Å²) >= 11 is 0. The van der Waals surface area contributed by atoms with Crippen LogP contribution >= 0.6 is 0 Å². The van der Waals surface area contributed by atoms with Crippen LogP contribution in [0.3, 0.4) is 0 Å². The van der Waals surface area contributed by atoms with E-state index in [2.05, 4.69) is 32.0 Å². The summed E-state index contributed by atoms with van der Waals surface area (Å²) in [5, 5.41) is 9.57. The fraction of sp³-hybridized carbons (Fsp3) is 0.435. The maximum Gasteiger partial charge on any atom is 0.335 e. The average Bonchev–Trinajstić information content (AvgIpc) is 3.20. The molecule has 0 bridgehead atoms. The molecule has 1 aliphatic carbocycles. The van der Waals surface area contributed by atoms with Gasteiger partial charge in [-0.3, -0.25) is 0 Å². The van der Waals surface area contributed by atoms with Crippen LogP contribution in [0.4, 0.5) is 0 Å². The summed E-state index contributed by atoms with van der Waals surface area (Å²) in [5.74, 6) is 0.506. The van der Waals surface area contributed by atoms with Gasteiger partial charge in [-0.1, -0.05) is 44.9 Å². The fourth-order valence-electron chi connectivity index (χ4n) is 3.90. The van der Waals surface area contributed by atoms with Gasteiger partial charge in [-0.05, 0) is 72.1 Å². The Balaban J connectivity index is 1.98. The number of hydrogen-bond donors (Lipinski definition) is 1. The molecular weight excluding hydrogens is 324 g/mol. The maximum absolute atomic E-state index is 11.7. The number of aryl methyl sites for hydroxylation is 1. The van der Waals surface area contributed by atoms with Gasteiger partial charge in [0.25, 0.3) is 0 Å². The molecule has 2 aromatic rings. The van der Waals surface area contributed by atoms with Gasteiger partial charge in [0.1, 0.15) is 5.75 Å². The predicted octanol–water partition coefficient (Wildman–Crippen LogP) is 6.06. The molecule has 1 fully saturated rings. The SMILES string of the molecule is CCCOc1ccc(-c2ccc(C(=O)O)c(C3CCCC3)c2)cc1CC. The van der Waals surface area contributed by atoms with Crippen molar-refractivity contribution in [1.29, 1.82) is 0 Å². The highest BCUT2D eigenvalue weighted by Crippen LogP contribution is 2.38. The van der Waals surface area contributed by atoms with Crippen molar-refractivity contribution in [1.82, 2.24) is 0 Å². The number of carboxylic acids is 1. The van der Waals surface area contributed by atoms with Crippen molar-refractivity contribution < 1.29 is 14.6 Å². The van der Waals surface area contributed by atoms with Crippen LogP contribution in [0, 0.1) is 0 Å². The van der Waals surface area contributed by atoms with Crippen LogP contribution in [0.15, 0.2) is 36.4 Å². The third-order valence-electron chi connectivity index (χ3n) is 5.31. The van der Waals surface area contributed by atoms with Crippen molar-refractivity contribution in [3.8, 4) is 16.9 Å². The standard InChI is InChI=1S/C23H28O3/c1-3-13-26-22-12-10-18(14-16(22)4-2)19-9-11-20(23(24)25)21(15-19)17-7-5-6-8-17/h9-12,14-15,17H,3-8,13H2,1-2H3,(H,24,25). The third kappa shape index (κ3) is 3.92. The van der Waals surface area contributed by atoms with E-state index in [-0.39, 0.29) is 0 Å². The molecule has 0 amide bonds. The molecule has 0 heterocycles. The minimum atomic E-state index is -0.823. The van der Waals surface area contributed by atoms with Crippen LogP contribution in [0.25, 0.3) is 11.1 Å². The second-order valence-corrected chi connectivity index (χ2v) is 7.11. The van der Waals surface area contributed by atoms with E-state index in [1.807, 2.05) is 12.1 Å². The lowest BCUT2D eigenvalue weighted by molar-refractivity contribution is 0.0695. The zero-order valence-corrected chi connectivity index (χ0v) is 15.8. The zero-order valence-electron chi connectivity index (χ0n) is 15.8. The Morgan fingerprint density at radius 1 is 1.08 bits per heavy atom. The molecule has 0 saturated heterocycles. The number of benzene rings is 2. The molecule has 3 heteroatoms. The number of rotatable bonds is 7. The molecule has 26 heavy (non-hydrogen) atoms. The lowest BCUT2D eigenvalue weighted by atomic mass is 9.89. The first kappa shape index (κ1) is 18.5. The molecule has 0 aliphatic heterocycles. The Labute approximate surface area is 156 Å². The largest absolute Gasteiger partial charge is 0.493 e. The molecular formula is C23H28O3. The van der Waals surface area contributed by atoms with E-state index >= 15 is 0 Å². The van der Waals surface area contributed by atoms with Crippen molar-refractivity contribution in [3.05, 3.63) is 53.1 Å². The van der Waals surface area contributed by atoms with Gasteiger partial charge in [-0.25, -0.2) is 4.79 Å². The molecule has 1 N–H and O–H groups in total. The molecule has 0 unspecified atom stereocenters. The van der Waals surface area contributed by atoms with E-state index in [1.165, 1.54) is 18.4 Å². The van der Waals surface area contributed by atoms with Crippen LogP contribution in [-0.4, -0.2) is 17.7 Å². The molecule has 0 aromatic heterocycles. The molecule has 0 radical (unpaired) electrons. The number of ether oxygens (including phenoxy) is 1. The summed E-state index contributed by atoms with van der Waals surface area (Å²) in [5.41, 5.74) is 4.87. The number of carbonyl (C=O) groups is 1. The van der Waals surface area contributed by atoms with E-state index in [1.54, 1.807) is 6.07 Å². The Kier molecular flexibility index (Phi) is 5.97. The average molecular weight is 352 g/mol. The first-order chi connectivity index (χ1) is 12.6. The first-order valence-corrected chi connectivity index (χ1v) is 9.77. The van der Waals surface area contributed by atoms with Gasteiger partial charge in [0.15, 0.2) is 0 Å². The van der Waals surface area contributed by atoms with Crippen LogP contribution in [0.5, 0.6) is 5.75 Å². The minimum absolute atomic E-state index is 0.374. The minimum Gasteiger partial charge on any atom is -0.493 e. The van der Waals surface area contributed by atoms with Crippen LogP contribution in [0.1, 0.15) is 73.4 Å². The molecule has 0 atom stereocenters. The van der Waals surface area contributed by atoms with Crippen LogP contribution < -0.4 is 4.74 Å². The highest BCUT2D eigenvalue weighted by molar-refractivity contribution is 5.90.